The zero-order valence-electron chi connectivity index (χ0n) is 9.69. The van der Waals surface area contributed by atoms with E-state index in [9.17, 15) is 14.4 Å². The highest BCUT2D eigenvalue weighted by Crippen LogP contribution is 2.00. The Bertz CT molecular complexity index is 333. The zero-order valence-corrected chi connectivity index (χ0v) is 9.69. The summed E-state index contributed by atoms with van der Waals surface area (Å²) in [5, 5.41) is 2.37. The molecular weight excluding hydrogens is 224 g/mol. The third kappa shape index (κ3) is 7.85. The molecule has 0 aliphatic heterocycles. The average Bonchev–Trinajstić information content (AvgIpc) is 2.25. The lowest BCUT2D eigenvalue weighted by atomic mass is 10.1. The van der Waals surface area contributed by atoms with E-state index in [1.165, 1.54) is 6.92 Å². The summed E-state index contributed by atoms with van der Waals surface area (Å²) in [6.45, 7) is 0.764. The number of primary amides is 1. The van der Waals surface area contributed by atoms with Gasteiger partial charge in [-0.1, -0.05) is 0 Å². The number of ether oxygens (including phenoxy) is 1. The monoisotopic (exact) mass is 240 g/mol. The summed E-state index contributed by atoms with van der Waals surface area (Å²) in [4.78, 5) is 32.7. The van der Waals surface area contributed by atoms with Gasteiger partial charge in [0.15, 0.2) is 6.61 Å². The van der Waals surface area contributed by atoms with Crippen LogP contribution in [0.1, 0.15) is 26.2 Å². The minimum Gasteiger partial charge on any atom is -0.456 e. The van der Waals surface area contributed by atoms with E-state index < -0.39 is 30.4 Å². The molecule has 0 saturated heterocycles. The van der Waals surface area contributed by atoms with Crippen molar-refractivity contribution in [1.82, 2.24) is 5.32 Å². The number of carbonyl (C=O) groups excluding carboxylic acids is 3. The third-order valence-corrected chi connectivity index (χ3v) is 1.90. The number of rotatable bonds is 7. The van der Waals surface area contributed by atoms with E-state index in [2.05, 4.69) is 16.0 Å². The van der Waals surface area contributed by atoms with Crippen molar-refractivity contribution in [2.24, 2.45) is 5.73 Å². The molecule has 0 aromatic heterocycles. The Kier molecular flexibility index (Phi) is 7.19. The lowest BCUT2D eigenvalue weighted by Gasteiger charge is -2.14. The first-order valence-corrected chi connectivity index (χ1v) is 5.13. The predicted octanol–water partition coefficient (Wildman–Crippen LogP) is -0.677. The van der Waals surface area contributed by atoms with Gasteiger partial charge in [-0.05, 0) is 12.8 Å². The lowest BCUT2D eigenvalue weighted by molar-refractivity contribution is -0.146. The van der Waals surface area contributed by atoms with Crippen LogP contribution in [-0.4, -0.2) is 30.4 Å². The van der Waals surface area contributed by atoms with Gasteiger partial charge in [-0.15, -0.1) is 12.3 Å². The molecule has 94 valence electrons. The second-order valence-corrected chi connectivity index (χ2v) is 3.40. The Hall–Kier alpha value is -2.03. The molecule has 0 heterocycles. The normalized spacial score (nSPS) is 11.1. The maximum Gasteiger partial charge on any atom is 0.303 e. The van der Waals surface area contributed by atoms with Crippen LogP contribution in [0.3, 0.4) is 0 Å². The number of nitrogens with two attached hydrogens (primary N) is 1. The molecule has 1 atom stereocenters. The summed E-state index contributed by atoms with van der Waals surface area (Å²) in [5.41, 5.74) is 5.11. The highest BCUT2D eigenvalue weighted by molar-refractivity contribution is 5.87. The van der Waals surface area contributed by atoms with E-state index in [-0.39, 0.29) is 0 Å². The van der Waals surface area contributed by atoms with Gasteiger partial charge in [-0.3, -0.25) is 14.4 Å². The molecule has 17 heavy (non-hydrogen) atoms. The van der Waals surface area contributed by atoms with Crippen LogP contribution in [0, 0.1) is 12.3 Å². The summed E-state index contributed by atoms with van der Waals surface area (Å²) in [5.74, 6) is 0.649. The molecule has 3 N–H and O–H groups in total. The molecule has 6 nitrogen and oxygen atoms in total. The first-order valence-electron chi connectivity index (χ1n) is 5.13. The van der Waals surface area contributed by atoms with Crippen LogP contribution in [0.5, 0.6) is 0 Å². The van der Waals surface area contributed by atoms with Crippen molar-refractivity contribution >= 4 is 17.8 Å². The number of hydrogen-bond donors (Lipinski definition) is 2. The molecule has 0 aliphatic rings. The zero-order chi connectivity index (χ0) is 13.3. The maximum absolute atomic E-state index is 11.3. The fourth-order valence-electron chi connectivity index (χ4n) is 1.10. The van der Waals surface area contributed by atoms with Crippen molar-refractivity contribution in [2.75, 3.05) is 6.61 Å². The van der Waals surface area contributed by atoms with Crippen LogP contribution in [0.2, 0.25) is 0 Å². The van der Waals surface area contributed by atoms with E-state index in [0.717, 1.165) is 0 Å². The minimum absolute atomic E-state index is 0.366. The summed E-state index contributed by atoms with van der Waals surface area (Å²) in [6, 6.07) is -0.786. The maximum atomic E-state index is 11.3. The van der Waals surface area contributed by atoms with E-state index in [1.54, 1.807) is 0 Å². The van der Waals surface area contributed by atoms with Crippen molar-refractivity contribution < 1.29 is 19.1 Å². The van der Waals surface area contributed by atoms with E-state index in [0.29, 0.717) is 19.3 Å². The molecule has 0 saturated carbocycles. The summed E-state index contributed by atoms with van der Waals surface area (Å²) >= 11 is 0. The van der Waals surface area contributed by atoms with Crippen molar-refractivity contribution in [3.63, 3.8) is 0 Å². The number of terminal acetylenes is 1. The molecular formula is C11H16N2O4. The third-order valence-electron chi connectivity index (χ3n) is 1.90. The lowest BCUT2D eigenvalue weighted by Crippen LogP contribution is -2.45. The Labute approximate surface area is 99.9 Å². The molecule has 2 amide bonds. The second kappa shape index (κ2) is 8.16. The van der Waals surface area contributed by atoms with Gasteiger partial charge < -0.3 is 15.8 Å². The number of amides is 2. The second-order valence-electron chi connectivity index (χ2n) is 3.40. The first kappa shape index (κ1) is 15.0. The summed E-state index contributed by atoms with van der Waals surface area (Å²) in [7, 11) is 0. The smallest absolute Gasteiger partial charge is 0.303 e. The molecule has 0 aromatic rings. The summed E-state index contributed by atoms with van der Waals surface area (Å²) < 4.78 is 4.47. The van der Waals surface area contributed by atoms with Gasteiger partial charge in [-0.25, -0.2) is 0 Å². The van der Waals surface area contributed by atoms with E-state index in [4.69, 9.17) is 12.2 Å². The standard InChI is InChI=1S/C11H16N2O4/c1-3-4-5-6-9(11(12)16)13-10(15)7-17-8(2)14/h1,9H,4-7H2,2H3,(H2,12,16)(H,13,15)/t9-/m0/s1. The van der Waals surface area contributed by atoms with Crippen molar-refractivity contribution in [3.8, 4) is 12.3 Å². The number of esters is 1. The van der Waals surface area contributed by atoms with Gasteiger partial charge in [0.25, 0.3) is 5.91 Å². The molecule has 0 spiro atoms. The predicted molar refractivity (Wildman–Crippen MR) is 60.4 cm³/mol. The number of carbonyl (C=O) groups is 3. The number of nitrogens with one attached hydrogen (secondary N) is 1. The molecule has 0 fully saturated rings. The molecule has 0 bridgehead atoms. The van der Waals surface area contributed by atoms with Crippen LogP contribution in [-0.2, 0) is 19.1 Å². The largest absolute Gasteiger partial charge is 0.456 e. The summed E-state index contributed by atoms with van der Waals surface area (Å²) in [6.07, 6.45) is 6.51. The van der Waals surface area contributed by atoms with E-state index in [1.807, 2.05) is 0 Å². The van der Waals surface area contributed by atoms with Gasteiger partial charge in [0.1, 0.15) is 6.04 Å². The topological polar surface area (TPSA) is 98.5 Å². The van der Waals surface area contributed by atoms with E-state index >= 15 is 0 Å². The molecule has 0 unspecified atom stereocenters. The minimum atomic E-state index is -0.786. The van der Waals surface area contributed by atoms with Gasteiger partial charge in [0, 0.05) is 13.3 Å². The fraction of sp³-hybridized carbons (Fsp3) is 0.545. The molecule has 6 heteroatoms. The quantitative estimate of drug-likeness (QED) is 0.350. The molecule has 0 aliphatic carbocycles. The molecule has 0 rings (SSSR count). The SMILES string of the molecule is C#CCCC[C@H](NC(=O)COC(C)=O)C(N)=O. The molecule has 0 aromatic carbocycles. The number of unbranched alkanes of at least 4 members (excludes halogenated alkanes) is 1. The molecule has 0 radical (unpaired) electrons. The van der Waals surface area contributed by atoms with Crippen LogP contribution >= 0.6 is 0 Å². The van der Waals surface area contributed by atoms with Crippen LogP contribution < -0.4 is 11.1 Å². The highest BCUT2D eigenvalue weighted by atomic mass is 16.5. The average molecular weight is 240 g/mol. The first-order chi connectivity index (χ1) is 7.97. The van der Waals surface area contributed by atoms with Crippen LogP contribution in [0.4, 0.5) is 0 Å². The Morgan fingerprint density at radius 3 is 2.59 bits per heavy atom. The number of hydrogen-bond acceptors (Lipinski definition) is 4. The van der Waals surface area contributed by atoms with Gasteiger partial charge in [0.2, 0.25) is 5.91 Å². The highest BCUT2D eigenvalue weighted by Gasteiger charge is 2.17. The Balaban J connectivity index is 4.07. The van der Waals surface area contributed by atoms with Crippen molar-refractivity contribution in [3.05, 3.63) is 0 Å². The van der Waals surface area contributed by atoms with Crippen LogP contribution in [0.15, 0.2) is 0 Å². The van der Waals surface area contributed by atoms with Gasteiger partial charge in [0.05, 0.1) is 0 Å². The van der Waals surface area contributed by atoms with Gasteiger partial charge in [-0.2, -0.15) is 0 Å². The Morgan fingerprint density at radius 1 is 1.47 bits per heavy atom. The van der Waals surface area contributed by atoms with Crippen LogP contribution in [0.25, 0.3) is 0 Å². The Morgan fingerprint density at radius 2 is 2.12 bits per heavy atom. The van der Waals surface area contributed by atoms with Crippen molar-refractivity contribution in [2.45, 2.75) is 32.2 Å². The van der Waals surface area contributed by atoms with Crippen molar-refractivity contribution in [1.29, 1.82) is 0 Å². The van der Waals surface area contributed by atoms with Gasteiger partial charge >= 0.3 is 5.97 Å². The fourth-order valence-corrected chi connectivity index (χ4v) is 1.10.